The van der Waals surface area contributed by atoms with Crippen LogP contribution in [0.2, 0.25) is 0 Å². The zero-order valence-electron chi connectivity index (χ0n) is 14.4. The maximum absolute atomic E-state index is 12.5. The number of carbonyl (C=O) groups excluding carboxylic acids is 1. The summed E-state index contributed by atoms with van der Waals surface area (Å²) < 4.78 is 0. The molecule has 0 aromatic rings. The zero-order valence-corrected chi connectivity index (χ0v) is 14.4. The molecule has 2 aliphatic rings. The number of carbonyl (C=O) groups is 1. The van der Waals surface area contributed by atoms with Gasteiger partial charge < -0.3 is 15.5 Å². The van der Waals surface area contributed by atoms with Gasteiger partial charge in [0.2, 0.25) is 0 Å². The van der Waals surface area contributed by atoms with E-state index in [1.807, 2.05) is 4.90 Å². The maximum Gasteiger partial charge on any atom is 0.317 e. The van der Waals surface area contributed by atoms with Crippen molar-refractivity contribution < 1.29 is 4.79 Å². The first-order valence-corrected chi connectivity index (χ1v) is 9.55. The summed E-state index contributed by atoms with van der Waals surface area (Å²) >= 11 is 0. The molecule has 1 saturated heterocycles. The van der Waals surface area contributed by atoms with Crippen LogP contribution in [0.1, 0.15) is 71.1 Å². The Kier molecular flexibility index (Phi) is 8.06. The number of nitrogens with one attached hydrogen (secondary N) is 2. The Balaban J connectivity index is 1.80. The summed E-state index contributed by atoms with van der Waals surface area (Å²) in [5, 5.41) is 6.82. The largest absolute Gasteiger partial charge is 0.334 e. The Morgan fingerprint density at radius 3 is 2.45 bits per heavy atom. The van der Waals surface area contributed by atoms with Crippen LogP contribution >= 0.6 is 0 Å². The molecule has 0 aromatic heterocycles. The molecule has 1 saturated carbocycles. The van der Waals surface area contributed by atoms with Crippen molar-refractivity contribution in [1.82, 2.24) is 15.5 Å². The van der Waals surface area contributed by atoms with E-state index < -0.39 is 0 Å². The van der Waals surface area contributed by atoms with Crippen LogP contribution in [0.25, 0.3) is 0 Å². The number of likely N-dealkylation sites (tertiary alicyclic amines) is 1. The molecule has 0 aromatic carbocycles. The molecule has 0 spiro atoms. The van der Waals surface area contributed by atoms with Crippen molar-refractivity contribution >= 4 is 6.03 Å². The van der Waals surface area contributed by atoms with Gasteiger partial charge in [0.15, 0.2) is 0 Å². The number of hydrogen-bond acceptors (Lipinski definition) is 2. The summed E-state index contributed by atoms with van der Waals surface area (Å²) in [7, 11) is 0. The summed E-state index contributed by atoms with van der Waals surface area (Å²) in [6.45, 7) is 6.02. The molecule has 2 N–H and O–H groups in total. The molecular formula is C18H35N3O. The topological polar surface area (TPSA) is 44.4 Å². The Morgan fingerprint density at radius 1 is 1.09 bits per heavy atom. The van der Waals surface area contributed by atoms with Gasteiger partial charge in [0, 0.05) is 25.7 Å². The number of piperidine rings is 1. The smallest absolute Gasteiger partial charge is 0.317 e. The van der Waals surface area contributed by atoms with Crippen LogP contribution in [0, 0.1) is 5.92 Å². The van der Waals surface area contributed by atoms with Crippen LogP contribution < -0.4 is 10.6 Å². The van der Waals surface area contributed by atoms with Crippen molar-refractivity contribution in [2.24, 2.45) is 5.92 Å². The minimum atomic E-state index is 0.166. The fourth-order valence-corrected chi connectivity index (χ4v) is 3.83. The summed E-state index contributed by atoms with van der Waals surface area (Å²) in [6, 6.07) is 0.461. The average molecular weight is 309 g/mol. The molecule has 1 atom stereocenters. The molecule has 2 fully saturated rings. The predicted molar refractivity (Wildman–Crippen MR) is 92.1 cm³/mol. The quantitative estimate of drug-likeness (QED) is 0.707. The number of hydrogen-bond donors (Lipinski definition) is 2. The number of amides is 2. The fourth-order valence-electron chi connectivity index (χ4n) is 3.83. The normalized spacial score (nSPS) is 21.6. The van der Waals surface area contributed by atoms with Gasteiger partial charge in [-0.3, -0.25) is 0 Å². The van der Waals surface area contributed by atoms with E-state index in [0.29, 0.717) is 6.04 Å². The lowest BCUT2D eigenvalue weighted by atomic mass is 9.85. The van der Waals surface area contributed by atoms with E-state index in [4.69, 9.17) is 0 Å². The van der Waals surface area contributed by atoms with Crippen molar-refractivity contribution in [2.45, 2.75) is 77.2 Å². The molecule has 2 rings (SSSR count). The Bertz CT molecular complexity index is 309. The van der Waals surface area contributed by atoms with Gasteiger partial charge in [-0.2, -0.15) is 0 Å². The molecule has 0 bridgehead atoms. The van der Waals surface area contributed by atoms with Crippen molar-refractivity contribution in [1.29, 1.82) is 0 Å². The van der Waals surface area contributed by atoms with Gasteiger partial charge in [-0.05, 0) is 44.6 Å². The molecular weight excluding hydrogens is 274 g/mol. The lowest BCUT2D eigenvalue weighted by Crippen LogP contribution is -2.50. The highest BCUT2D eigenvalue weighted by atomic mass is 16.2. The van der Waals surface area contributed by atoms with Gasteiger partial charge in [-0.25, -0.2) is 4.79 Å². The summed E-state index contributed by atoms with van der Waals surface area (Å²) in [5.74, 6) is 0.809. The minimum absolute atomic E-state index is 0.166. The third kappa shape index (κ3) is 6.15. The number of nitrogens with zero attached hydrogens (tertiary/aromatic N) is 1. The van der Waals surface area contributed by atoms with Crippen molar-refractivity contribution in [2.75, 3.05) is 26.2 Å². The molecule has 1 aliphatic carbocycles. The highest BCUT2D eigenvalue weighted by molar-refractivity contribution is 5.74. The molecule has 4 heteroatoms. The van der Waals surface area contributed by atoms with Gasteiger partial charge in [0.1, 0.15) is 0 Å². The monoisotopic (exact) mass is 309 g/mol. The summed E-state index contributed by atoms with van der Waals surface area (Å²) in [5.41, 5.74) is 0. The molecule has 0 radical (unpaired) electrons. The number of urea groups is 1. The molecule has 128 valence electrons. The standard InChI is InChI=1S/C18H35N3O/c1-2-11-19-15-17(14-16-9-5-3-6-10-16)20-18(22)21-12-7-4-8-13-21/h16-17,19H,2-15H2,1H3,(H,20,22)/t17-/m0/s1. The average Bonchev–Trinajstić information content (AvgIpc) is 2.56. The zero-order chi connectivity index (χ0) is 15.6. The van der Waals surface area contributed by atoms with Gasteiger partial charge in [-0.1, -0.05) is 39.0 Å². The van der Waals surface area contributed by atoms with Gasteiger partial charge >= 0.3 is 6.03 Å². The summed E-state index contributed by atoms with van der Waals surface area (Å²) in [4.78, 5) is 14.5. The van der Waals surface area contributed by atoms with Crippen LogP contribution in [0.4, 0.5) is 4.79 Å². The Morgan fingerprint density at radius 2 is 1.77 bits per heavy atom. The van der Waals surface area contributed by atoms with E-state index in [-0.39, 0.29) is 6.03 Å². The molecule has 22 heavy (non-hydrogen) atoms. The van der Waals surface area contributed by atoms with E-state index in [0.717, 1.165) is 57.8 Å². The minimum Gasteiger partial charge on any atom is -0.334 e. The van der Waals surface area contributed by atoms with Crippen LogP contribution in [0.5, 0.6) is 0 Å². The number of rotatable bonds is 7. The molecule has 1 heterocycles. The maximum atomic E-state index is 12.5. The first-order valence-electron chi connectivity index (χ1n) is 9.55. The second-order valence-electron chi connectivity index (χ2n) is 7.14. The fraction of sp³-hybridized carbons (Fsp3) is 0.944. The first kappa shape index (κ1) is 17.6. The highest BCUT2D eigenvalue weighted by Gasteiger charge is 2.23. The summed E-state index contributed by atoms with van der Waals surface area (Å²) in [6.07, 6.45) is 12.7. The van der Waals surface area contributed by atoms with E-state index in [2.05, 4.69) is 17.6 Å². The van der Waals surface area contributed by atoms with Crippen molar-refractivity contribution in [3.05, 3.63) is 0 Å². The van der Waals surface area contributed by atoms with Gasteiger partial charge in [0.25, 0.3) is 0 Å². The SMILES string of the molecule is CCCNC[C@H](CC1CCCCC1)NC(=O)N1CCCCC1. The van der Waals surface area contributed by atoms with Crippen molar-refractivity contribution in [3.63, 3.8) is 0 Å². The Hall–Kier alpha value is -0.770. The predicted octanol–water partition coefficient (Wildman–Crippen LogP) is 3.52. The molecule has 4 nitrogen and oxygen atoms in total. The second-order valence-corrected chi connectivity index (χ2v) is 7.14. The van der Waals surface area contributed by atoms with Gasteiger partial charge in [0.05, 0.1) is 0 Å². The van der Waals surface area contributed by atoms with E-state index >= 15 is 0 Å². The van der Waals surface area contributed by atoms with E-state index in [1.54, 1.807) is 0 Å². The van der Waals surface area contributed by atoms with Crippen LogP contribution in [-0.2, 0) is 0 Å². The van der Waals surface area contributed by atoms with E-state index in [1.165, 1.54) is 38.5 Å². The van der Waals surface area contributed by atoms with Crippen molar-refractivity contribution in [3.8, 4) is 0 Å². The molecule has 0 unspecified atom stereocenters. The van der Waals surface area contributed by atoms with Crippen LogP contribution in [-0.4, -0.2) is 43.2 Å². The second kappa shape index (κ2) is 10.1. The molecule has 2 amide bonds. The van der Waals surface area contributed by atoms with Crippen LogP contribution in [0.3, 0.4) is 0 Å². The highest BCUT2D eigenvalue weighted by Crippen LogP contribution is 2.27. The lowest BCUT2D eigenvalue weighted by Gasteiger charge is -2.31. The first-order chi connectivity index (χ1) is 10.8. The van der Waals surface area contributed by atoms with Crippen LogP contribution in [0.15, 0.2) is 0 Å². The van der Waals surface area contributed by atoms with E-state index in [9.17, 15) is 4.79 Å². The Labute approximate surface area is 136 Å². The third-order valence-corrected chi connectivity index (χ3v) is 5.13. The lowest BCUT2D eigenvalue weighted by molar-refractivity contribution is 0.178. The molecule has 1 aliphatic heterocycles. The third-order valence-electron chi connectivity index (χ3n) is 5.13. The van der Waals surface area contributed by atoms with Gasteiger partial charge in [-0.15, -0.1) is 0 Å².